The molecular weight excluding hydrogens is 304 g/mol. The number of carbonyl (C=O) groups is 1. The number of nitrogens with one attached hydrogen (secondary N) is 1. The Labute approximate surface area is 139 Å². The van der Waals surface area contributed by atoms with Crippen LogP contribution in [0.4, 0.5) is 5.95 Å². The first kappa shape index (κ1) is 15.5. The van der Waals surface area contributed by atoms with Crippen LogP contribution in [0.3, 0.4) is 0 Å². The number of hydrogen-bond acceptors (Lipinski definition) is 6. The molecule has 2 heterocycles. The van der Waals surface area contributed by atoms with Gasteiger partial charge in [0.1, 0.15) is 6.33 Å². The molecule has 0 radical (unpaired) electrons. The van der Waals surface area contributed by atoms with E-state index >= 15 is 0 Å². The van der Waals surface area contributed by atoms with Gasteiger partial charge in [0.25, 0.3) is 0 Å². The van der Waals surface area contributed by atoms with Crippen LogP contribution in [0.25, 0.3) is 22.4 Å². The van der Waals surface area contributed by atoms with Gasteiger partial charge in [0, 0.05) is 35.3 Å². The zero-order valence-corrected chi connectivity index (χ0v) is 13.1. The average Bonchev–Trinajstić information content (AvgIpc) is 2.61. The molecule has 3 aromatic rings. The van der Waals surface area contributed by atoms with Crippen LogP contribution in [-0.2, 0) is 4.79 Å². The first-order chi connectivity index (χ1) is 11.6. The first-order valence-corrected chi connectivity index (χ1v) is 7.35. The van der Waals surface area contributed by atoms with Gasteiger partial charge in [0.2, 0.25) is 11.9 Å². The van der Waals surface area contributed by atoms with E-state index in [-0.39, 0.29) is 6.54 Å². The number of primary amides is 1. The number of hydrogen-bond donors (Lipinski definition) is 2. The molecule has 3 rings (SSSR count). The number of amides is 1. The van der Waals surface area contributed by atoms with Crippen molar-refractivity contribution in [3.05, 3.63) is 54.7 Å². The summed E-state index contributed by atoms with van der Waals surface area (Å²) in [5.41, 5.74) is 9.60. The quantitative estimate of drug-likeness (QED) is 0.742. The van der Waals surface area contributed by atoms with Gasteiger partial charge in [-0.05, 0) is 6.92 Å². The molecule has 0 aliphatic heterocycles. The maximum atomic E-state index is 10.9. The van der Waals surface area contributed by atoms with Crippen LogP contribution in [0, 0.1) is 6.92 Å². The van der Waals surface area contributed by atoms with E-state index in [9.17, 15) is 4.79 Å². The summed E-state index contributed by atoms with van der Waals surface area (Å²) < 4.78 is 0. The molecule has 24 heavy (non-hydrogen) atoms. The Morgan fingerprint density at radius 1 is 1.08 bits per heavy atom. The van der Waals surface area contributed by atoms with Crippen molar-refractivity contribution < 1.29 is 4.79 Å². The maximum Gasteiger partial charge on any atom is 0.236 e. The molecule has 0 unspecified atom stereocenters. The van der Waals surface area contributed by atoms with Crippen LogP contribution in [0.5, 0.6) is 0 Å². The highest BCUT2D eigenvalue weighted by atomic mass is 16.1. The van der Waals surface area contributed by atoms with Crippen molar-refractivity contribution in [1.82, 2.24) is 19.9 Å². The number of aromatic nitrogens is 4. The lowest BCUT2D eigenvalue weighted by Crippen LogP contribution is -2.22. The molecule has 0 bridgehead atoms. The van der Waals surface area contributed by atoms with Gasteiger partial charge in [0.05, 0.1) is 12.2 Å². The van der Waals surface area contributed by atoms with E-state index in [2.05, 4.69) is 25.3 Å². The molecule has 1 amide bonds. The Kier molecular flexibility index (Phi) is 4.42. The van der Waals surface area contributed by atoms with Gasteiger partial charge in [-0.25, -0.2) is 19.9 Å². The van der Waals surface area contributed by atoms with Crippen LogP contribution in [-0.4, -0.2) is 32.4 Å². The lowest BCUT2D eigenvalue weighted by Gasteiger charge is -2.11. The summed E-state index contributed by atoms with van der Waals surface area (Å²) in [4.78, 5) is 27.8. The van der Waals surface area contributed by atoms with Gasteiger partial charge >= 0.3 is 0 Å². The van der Waals surface area contributed by atoms with E-state index in [1.165, 1.54) is 6.33 Å². The summed E-state index contributed by atoms with van der Waals surface area (Å²) >= 11 is 0. The van der Waals surface area contributed by atoms with Crippen molar-refractivity contribution in [1.29, 1.82) is 0 Å². The molecule has 7 nitrogen and oxygen atoms in total. The van der Waals surface area contributed by atoms with E-state index in [4.69, 9.17) is 5.73 Å². The highest BCUT2D eigenvalue weighted by molar-refractivity contribution is 5.81. The minimum Gasteiger partial charge on any atom is -0.368 e. The van der Waals surface area contributed by atoms with Gasteiger partial charge in [-0.15, -0.1) is 0 Å². The molecular formula is C17H16N6O. The number of anilines is 1. The highest BCUT2D eigenvalue weighted by Crippen LogP contribution is 2.30. The molecule has 0 saturated carbocycles. The third-order valence-corrected chi connectivity index (χ3v) is 3.41. The number of rotatable bonds is 5. The van der Waals surface area contributed by atoms with Crippen LogP contribution in [0.2, 0.25) is 0 Å². The number of aryl methyl sites for hydroxylation is 1. The standard InChI is InChI=1S/C17H16N6O/c1-11-2-4-12(5-3-11)16-14(13-6-19-10-20-7-13)8-21-17(23-16)22-9-15(18)24/h2-8,10H,9H2,1H3,(H2,18,24)(H,21,22,23). The summed E-state index contributed by atoms with van der Waals surface area (Å²) in [5.74, 6) is -0.138. The molecule has 3 N–H and O–H groups in total. The van der Waals surface area contributed by atoms with Gasteiger partial charge in [-0.3, -0.25) is 4.79 Å². The molecule has 0 aliphatic carbocycles. The molecule has 7 heteroatoms. The second kappa shape index (κ2) is 6.82. The smallest absolute Gasteiger partial charge is 0.236 e. The van der Waals surface area contributed by atoms with Crippen LogP contribution >= 0.6 is 0 Å². The molecule has 0 saturated heterocycles. The first-order valence-electron chi connectivity index (χ1n) is 7.35. The molecule has 120 valence electrons. The number of nitrogens with two attached hydrogens (primary N) is 1. The Morgan fingerprint density at radius 2 is 1.79 bits per heavy atom. The van der Waals surface area contributed by atoms with Gasteiger partial charge < -0.3 is 11.1 Å². The Hall–Kier alpha value is -3.35. The Morgan fingerprint density at radius 3 is 2.46 bits per heavy atom. The lowest BCUT2D eigenvalue weighted by atomic mass is 10.0. The van der Waals surface area contributed by atoms with E-state index in [1.54, 1.807) is 18.6 Å². The fourth-order valence-electron chi connectivity index (χ4n) is 2.21. The van der Waals surface area contributed by atoms with Crippen LogP contribution < -0.4 is 11.1 Å². The molecule has 0 atom stereocenters. The topological polar surface area (TPSA) is 107 Å². The van der Waals surface area contributed by atoms with E-state index in [1.807, 2.05) is 31.2 Å². The number of nitrogens with zero attached hydrogens (tertiary/aromatic N) is 4. The van der Waals surface area contributed by atoms with Crippen molar-refractivity contribution in [2.75, 3.05) is 11.9 Å². The summed E-state index contributed by atoms with van der Waals surface area (Å²) in [6.07, 6.45) is 6.57. The SMILES string of the molecule is Cc1ccc(-c2nc(NCC(N)=O)ncc2-c2cncnc2)cc1. The molecule has 0 fully saturated rings. The Bertz CT molecular complexity index is 849. The summed E-state index contributed by atoms with van der Waals surface area (Å²) in [6.45, 7) is 2.00. The fraction of sp³-hybridized carbons (Fsp3) is 0.118. The van der Waals surface area contributed by atoms with E-state index in [0.29, 0.717) is 5.95 Å². The number of benzene rings is 1. The third kappa shape index (κ3) is 3.52. The highest BCUT2D eigenvalue weighted by Gasteiger charge is 2.12. The lowest BCUT2D eigenvalue weighted by molar-refractivity contribution is -0.116. The summed E-state index contributed by atoms with van der Waals surface area (Å²) in [7, 11) is 0. The third-order valence-electron chi connectivity index (χ3n) is 3.41. The zero-order chi connectivity index (χ0) is 16.9. The average molecular weight is 320 g/mol. The predicted octanol–water partition coefficient (Wildman–Crippen LogP) is 1.81. The summed E-state index contributed by atoms with van der Waals surface area (Å²) in [6, 6.07) is 8.00. The normalized spacial score (nSPS) is 10.4. The van der Waals surface area contributed by atoms with Gasteiger partial charge in [-0.1, -0.05) is 29.8 Å². The van der Waals surface area contributed by atoms with Crippen LogP contribution in [0.15, 0.2) is 49.2 Å². The fourth-order valence-corrected chi connectivity index (χ4v) is 2.21. The van der Waals surface area contributed by atoms with Crippen LogP contribution in [0.1, 0.15) is 5.56 Å². The minimum absolute atomic E-state index is 0.0267. The van der Waals surface area contributed by atoms with Gasteiger partial charge in [-0.2, -0.15) is 0 Å². The Balaban J connectivity index is 2.08. The van der Waals surface area contributed by atoms with E-state index < -0.39 is 5.91 Å². The minimum atomic E-state index is -0.476. The summed E-state index contributed by atoms with van der Waals surface area (Å²) in [5, 5.41) is 2.82. The molecule has 1 aromatic carbocycles. The predicted molar refractivity (Wildman–Crippen MR) is 90.9 cm³/mol. The van der Waals surface area contributed by atoms with Crippen molar-refractivity contribution in [2.45, 2.75) is 6.92 Å². The van der Waals surface area contributed by atoms with Crippen molar-refractivity contribution >= 4 is 11.9 Å². The monoisotopic (exact) mass is 320 g/mol. The number of carbonyl (C=O) groups excluding carboxylic acids is 1. The zero-order valence-electron chi connectivity index (χ0n) is 13.1. The van der Waals surface area contributed by atoms with Crippen molar-refractivity contribution in [2.24, 2.45) is 5.73 Å². The van der Waals surface area contributed by atoms with Crippen molar-refractivity contribution in [3.63, 3.8) is 0 Å². The van der Waals surface area contributed by atoms with Crippen molar-refractivity contribution in [3.8, 4) is 22.4 Å². The molecule has 0 spiro atoms. The second-order valence-electron chi connectivity index (χ2n) is 5.27. The second-order valence-corrected chi connectivity index (χ2v) is 5.27. The maximum absolute atomic E-state index is 10.9. The largest absolute Gasteiger partial charge is 0.368 e. The van der Waals surface area contributed by atoms with E-state index in [0.717, 1.165) is 27.9 Å². The van der Waals surface area contributed by atoms with Gasteiger partial charge in [0.15, 0.2) is 0 Å². The molecule has 2 aromatic heterocycles. The molecule has 0 aliphatic rings.